The van der Waals surface area contributed by atoms with Crippen molar-refractivity contribution in [2.75, 3.05) is 0 Å². The van der Waals surface area contributed by atoms with Gasteiger partial charge in [-0.05, 0) is 6.07 Å². The molecule has 0 atom stereocenters. The summed E-state index contributed by atoms with van der Waals surface area (Å²) in [6, 6.07) is 1.52. The topological polar surface area (TPSA) is 69.4 Å². The zero-order valence-corrected chi connectivity index (χ0v) is 7.52. The highest BCUT2D eigenvalue weighted by Gasteiger charge is 2.25. The van der Waals surface area contributed by atoms with Crippen LogP contribution >= 0.6 is 0 Å². The third-order valence-corrected chi connectivity index (χ3v) is 1.64. The molecular formula is C8H4F3NO4. The number of carbonyl (C=O) groups excluding carboxylic acids is 1. The lowest BCUT2D eigenvalue weighted by atomic mass is 10.2. The van der Waals surface area contributed by atoms with E-state index in [1.54, 1.807) is 0 Å². The van der Waals surface area contributed by atoms with Gasteiger partial charge >= 0.3 is 12.3 Å². The van der Waals surface area contributed by atoms with E-state index in [-0.39, 0.29) is 6.29 Å². The zero-order chi connectivity index (χ0) is 12.3. The van der Waals surface area contributed by atoms with Gasteiger partial charge in [-0.1, -0.05) is 0 Å². The van der Waals surface area contributed by atoms with Gasteiger partial charge in [0.25, 0.3) is 0 Å². The smallest absolute Gasteiger partial charge is 0.387 e. The van der Waals surface area contributed by atoms with E-state index >= 15 is 0 Å². The number of ether oxygens (including phenoxy) is 1. The van der Waals surface area contributed by atoms with Gasteiger partial charge in [0.2, 0.25) is 5.75 Å². The van der Waals surface area contributed by atoms with Crippen LogP contribution in [0.2, 0.25) is 0 Å². The third-order valence-electron chi connectivity index (χ3n) is 1.64. The van der Waals surface area contributed by atoms with Gasteiger partial charge in [0.1, 0.15) is 0 Å². The van der Waals surface area contributed by atoms with E-state index in [1.807, 2.05) is 0 Å². The Labute approximate surface area is 86.6 Å². The molecule has 0 aliphatic heterocycles. The van der Waals surface area contributed by atoms with Crippen molar-refractivity contribution in [2.45, 2.75) is 6.61 Å². The van der Waals surface area contributed by atoms with Crippen LogP contribution in [0.1, 0.15) is 10.4 Å². The predicted molar refractivity (Wildman–Crippen MR) is 45.1 cm³/mol. The number of benzene rings is 1. The fourth-order valence-electron chi connectivity index (χ4n) is 0.997. The second-order valence-electron chi connectivity index (χ2n) is 2.57. The van der Waals surface area contributed by atoms with Crippen molar-refractivity contribution in [3.63, 3.8) is 0 Å². The van der Waals surface area contributed by atoms with Crippen LogP contribution in [0, 0.1) is 15.9 Å². The molecule has 1 aromatic rings. The first-order valence-corrected chi connectivity index (χ1v) is 3.84. The van der Waals surface area contributed by atoms with E-state index in [0.29, 0.717) is 6.07 Å². The molecule has 8 heteroatoms. The van der Waals surface area contributed by atoms with Crippen LogP contribution in [0.15, 0.2) is 12.1 Å². The maximum absolute atomic E-state index is 13.3. The first-order valence-electron chi connectivity index (χ1n) is 3.84. The third kappa shape index (κ3) is 2.27. The Balaban J connectivity index is 3.36. The molecular weight excluding hydrogens is 231 g/mol. The number of nitro benzene ring substituents is 1. The molecule has 0 saturated carbocycles. The molecule has 0 unspecified atom stereocenters. The minimum atomic E-state index is -3.42. The molecule has 1 rings (SSSR count). The minimum Gasteiger partial charge on any atom is -0.424 e. The van der Waals surface area contributed by atoms with Crippen molar-refractivity contribution in [3.8, 4) is 5.75 Å². The second kappa shape index (κ2) is 4.60. The number of aldehydes is 1. The van der Waals surface area contributed by atoms with E-state index in [9.17, 15) is 28.1 Å². The van der Waals surface area contributed by atoms with Crippen LogP contribution in [0.4, 0.5) is 18.9 Å². The average Bonchev–Trinajstić information content (AvgIpc) is 2.19. The largest absolute Gasteiger partial charge is 0.424 e. The molecule has 1 aromatic carbocycles. The number of hydrogen-bond donors (Lipinski definition) is 0. The highest BCUT2D eigenvalue weighted by molar-refractivity contribution is 5.77. The summed E-state index contributed by atoms with van der Waals surface area (Å²) in [7, 11) is 0. The quantitative estimate of drug-likeness (QED) is 0.455. The molecule has 16 heavy (non-hydrogen) atoms. The predicted octanol–water partition coefficient (Wildman–Crippen LogP) is 2.15. The Hall–Kier alpha value is -2.12. The molecule has 0 bridgehead atoms. The van der Waals surface area contributed by atoms with Crippen LogP contribution in [0.25, 0.3) is 0 Å². The molecule has 0 N–H and O–H groups in total. The Bertz CT molecular complexity index is 436. The standard InChI is InChI=1S/C8H4F3NO4/c9-6-4(3-13)1-2-5(12(14)15)7(6)16-8(10)11/h1-3,8H. The summed E-state index contributed by atoms with van der Waals surface area (Å²) in [5, 5.41) is 10.4. The number of nitro groups is 1. The van der Waals surface area contributed by atoms with Gasteiger partial charge < -0.3 is 4.74 Å². The summed E-state index contributed by atoms with van der Waals surface area (Å²) >= 11 is 0. The maximum atomic E-state index is 13.3. The highest BCUT2D eigenvalue weighted by atomic mass is 19.3. The fraction of sp³-hybridized carbons (Fsp3) is 0.125. The molecule has 0 amide bonds. The number of halogens is 3. The summed E-state index contributed by atoms with van der Waals surface area (Å²) < 4.78 is 40.7. The fourth-order valence-corrected chi connectivity index (χ4v) is 0.997. The van der Waals surface area contributed by atoms with Gasteiger partial charge in [-0.3, -0.25) is 14.9 Å². The monoisotopic (exact) mass is 235 g/mol. The summed E-state index contributed by atoms with van der Waals surface area (Å²) in [6.45, 7) is -3.42. The summed E-state index contributed by atoms with van der Waals surface area (Å²) in [6.07, 6.45) is 0.0391. The van der Waals surface area contributed by atoms with E-state index in [0.717, 1.165) is 6.07 Å². The summed E-state index contributed by atoms with van der Waals surface area (Å²) in [5.41, 5.74) is -1.57. The van der Waals surface area contributed by atoms with Crippen LogP contribution in [0.3, 0.4) is 0 Å². The molecule has 0 saturated heterocycles. The zero-order valence-electron chi connectivity index (χ0n) is 7.52. The van der Waals surface area contributed by atoms with E-state index in [1.165, 1.54) is 0 Å². The second-order valence-corrected chi connectivity index (χ2v) is 2.57. The molecule has 0 heterocycles. The van der Waals surface area contributed by atoms with Gasteiger partial charge in [-0.15, -0.1) is 0 Å². The van der Waals surface area contributed by atoms with Crippen LogP contribution in [-0.2, 0) is 0 Å². The van der Waals surface area contributed by atoms with Crippen LogP contribution in [0.5, 0.6) is 5.75 Å². The number of rotatable bonds is 4. The Morgan fingerprint density at radius 2 is 2.06 bits per heavy atom. The van der Waals surface area contributed by atoms with Gasteiger partial charge in [-0.2, -0.15) is 8.78 Å². The Morgan fingerprint density at radius 1 is 1.44 bits per heavy atom. The molecule has 0 aliphatic rings. The molecule has 0 fully saturated rings. The van der Waals surface area contributed by atoms with Crippen molar-refractivity contribution in [1.82, 2.24) is 0 Å². The number of hydrogen-bond acceptors (Lipinski definition) is 4. The normalized spacial score (nSPS) is 10.2. The maximum Gasteiger partial charge on any atom is 0.387 e. The molecule has 86 valence electrons. The highest BCUT2D eigenvalue weighted by Crippen LogP contribution is 2.32. The van der Waals surface area contributed by atoms with Gasteiger partial charge in [-0.25, -0.2) is 4.39 Å². The van der Waals surface area contributed by atoms with Gasteiger partial charge in [0.15, 0.2) is 12.1 Å². The van der Waals surface area contributed by atoms with Crippen molar-refractivity contribution in [2.24, 2.45) is 0 Å². The van der Waals surface area contributed by atoms with Crippen molar-refractivity contribution in [3.05, 3.63) is 33.6 Å². The molecule has 0 spiro atoms. The number of carbonyl (C=O) groups is 1. The van der Waals surface area contributed by atoms with Crippen molar-refractivity contribution < 1.29 is 27.6 Å². The first-order chi connectivity index (χ1) is 7.47. The summed E-state index contributed by atoms with van der Waals surface area (Å²) in [5.74, 6) is -2.73. The number of nitrogens with zero attached hydrogens (tertiary/aromatic N) is 1. The van der Waals surface area contributed by atoms with Crippen molar-refractivity contribution >= 4 is 12.0 Å². The van der Waals surface area contributed by atoms with Crippen LogP contribution < -0.4 is 4.74 Å². The van der Waals surface area contributed by atoms with Crippen molar-refractivity contribution in [1.29, 1.82) is 0 Å². The van der Waals surface area contributed by atoms with E-state index < -0.39 is 34.4 Å². The lowest BCUT2D eigenvalue weighted by molar-refractivity contribution is -0.386. The van der Waals surface area contributed by atoms with E-state index in [4.69, 9.17) is 0 Å². The Morgan fingerprint density at radius 3 is 2.50 bits per heavy atom. The van der Waals surface area contributed by atoms with Gasteiger partial charge in [0.05, 0.1) is 10.5 Å². The lowest BCUT2D eigenvalue weighted by Crippen LogP contribution is -2.07. The minimum absolute atomic E-state index is 0.0391. The molecule has 0 aliphatic carbocycles. The van der Waals surface area contributed by atoms with Crippen LogP contribution in [-0.4, -0.2) is 17.8 Å². The van der Waals surface area contributed by atoms with E-state index in [2.05, 4.69) is 4.74 Å². The first kappa shape index (κ1) is 12.0. The lowest BCUT2D eigenvalue weighted by Gasteiger charge is -2.07. The Kier molecular flexibility index (Phi) is 3.44. The number of alkyl halides is 2. The summed E-state index contributed by atoms with van der Waals surface area (Å²) in [4.78, 5) is 19.6. The molecule has 5 nitrogen and oxygen atoms in total. The van der Waals surface area contributed by atoms with Gasteiger partial charge in [0, 0.05) is 6.07 Å². The average molecular weight is 235 g/mol. The SMILES string of the molecule is O=Cc1ccc([N+](=O)[O-])c(OC(F)F)c1F. The molecule has 0 aromatic heterocycles. The molecule has 0 radical (unpaired) electrons.